The van der Waals surface area contributed by atoms with Crippen LogP contribution in [0, 0.1) is 0 Å². The zero-order valence-electron chi connectivity index (χ0n) is 9.76. The van der Waals surface area contributed by atoms with Crippen LogP contribution in [-0.4, -0.2) is 50.6 Å². The van der Waals surface area contributed by atoms with Crippen molar-refractivity contribution in [1.82, 2.24) is 15.0 Å². The van der Waals surface area contributed by atoms with Crippen molar-refractivity contribution in [3.8, 4) is 0 Å². The molecule has 1 rings (SSSR count). The molecule has 1 aromatic heterocycles. The molecule has 1 heterocycles. The van der Waals surface area contributed by atoms with Gasteiger partial charge in [-0.15, -0.1) is 5.10 Å². The maximum absolute atomic E-state index is 9.60. The van der Waals surface area contributed by atoms with Gasteiger partial charge in [0.15, 0.2) is 0 Å². The van der Waals surface area contributed by atoms with E-state index in [1.165, 1.54) is 0 Å². The van der Waals surface area contributed by atoms with E-state index in [0.29, 0.717) is 26.2 Å². The van der Waals surface area contributed by atoms with Gasteiger partial charge in [0.2, 0.25) is 0 Å². The van der Waals surface area contributed by atoms with Crippen molar-refractivity contribution >= 4 is 0 Å². The monoisotopic (exact) mass is 229 g/mol. The molecule has 0 saturated carbocycles. The maximum atomic E-state index is 9.60. The second-order valence-electron chi connectivity index (χ2n) is 4.30. The van der Waals surface area contributed by atoms with Gasteiger partial charge in [0.1, 0.15) is 0 Å². The first-order valence-corrected chi connectivity index (χ1v) is 5.31. The van der Waals surface area contributed by atoms with Gasteiger partial charge in [-0.25, -0.2) is 4.68 Å². The third kappa shape index (κ3) is 5.20. The molecule has 0 saturated heterocycles. The van der Waals surface area contributed by atoms with Crippen molar-refractivity contribution in [3.05, 3.63) is 11.9 Å². The van der Waals surface area contributed by atoms with E-state index in [0.717, 1.165) is 5.69 Å². The van der Waals surface area contributed by atoms with Gasteiger partial charge in [-0.2, -0.15) is 0 Å². The van der Waals surface area contributed by atoms with E-state index in [-0.39, 0.29) is 6.61 Å². The third-order valence-corrected chi connectivity index (χ3v) is 1.90. The first-order chi connectivity index (χ1) is 7.51. The lowest BCUT2D eigenvalue weighted by Crippen LogP contribution is -2.22. The minimum Gasteiger partial charge on any atom is -0.394 e. The molecule has 0 spiro atoms. The summed E-state index contributed by atoms with van der Waals surface area (Å²) in [6, 6.07) is 0. The number of aliphatic hydroxyl groups is 2. The molecule has 0 aliphatic heterocycles. The Morgan fingerprint density at radius 2 is 2.19 bits per heavy atom. The van der Waals surface area contributed by atoms with Crippen LogP contribution in [-0.2, 0) is 17.7 Å². The highest BCUT2D eigenvalue weighted by molar-refractivity contribution is 4.97. The average Bonchev–Trinajstić information content (AvgIpc) is 2.58. The largest absolute Gasteiger partial charge is 0.394 e. The first-order valence-electron chi connectivity index (χ1n) is 5.31. The SMILES string of the molecule is CC(C)(O)Cc1cn(CCOCCO)nn1. The molecule has 2 N–H and O–H groups in total. The molecule has 0 amide bonds. The molecule has 0 radical (unpaired) electrons. The fraction of sp³-hybridized carbons (Fsp3) is 0.800. The Morgan fingerprint density at radius 1 is 1.44 bits per heavy atom. The smallest absolute Gasteiger partial charge is 0.0855 e. The predicted molar refractivity (Wildman–Crippen MR) is 57.9 cm³/mol. The standard InChI is InChI=1S/C10H19N3O3/c1-10(2,15)7-9-8-13(12-11-9)3-5-16-6-4-14/h8,14-15H,3-7H2,1-2H3. The van der Waals surface area contributed by atoms with Crippen molar-refractivity contribution in [2.75, 3.05) is 19.8 Å². The van der Waals surface area contributed by atoms with Crippen LogP contribution in [0.5, 0.6) is 0 Å². The van der Waals surface area contributed by atoms with Crippen LogP contribution in [0.1, 0.15) is 19.5 Å². The fourth-order valence-corrected chi connectivity index (χ4v) is 1.30. The zero-order valence-corrected chi connectivity index (χ0v) is 9.76. The van der Waals surface area contributed by atoms with Crippen molar-refractivity contribution in [1.29, 1.82) is 0 Å². The molecule has 16 heavy (non-hydrogen) atoms. The van der Waals surface area contributed by atoms with Crippen molar-refractivity contribution in [2.24, 2.45) is 0 Å². The Kier molecular flexibility index (Phi) is 4.85. The average molecular weight is 229 g/mol. The Balaban J connectivity index is 2.34. The van der Waals surface area contributed by atoms with Crippen LogP contribution in [0.2, 0.25) is 0 Å². The van der Waals surface area contributed by atoms with Gasteiger partial charge in [-0.05, 0) is 13.8 Å². The van der Waals surface area contributed by atoms with Crippen molar-refractivity contribution in [2.45, 2.75) is 32.4 Å². The quantitative estimate of drug-likeness (QED) is 0.622. The summed E-state index contributed by atoms with van der Waals surface area (Å²) in [6.45, 7) is 4.92. The second kappa shape index (κ2) is 5.93. The van der Waals surface area contributed by atoms with Crippen LogP contribution < -0.4 is 0 Å². The van der Waals surface area contributed by atoms with E-state index >= 15 is 0 Å². The molecule has 1 aromatic rings. The van der Waals surface area contributed by atoms with Crippen LogP contribution in [0.3, 0.4) is 0 Å². The highest BCUT2D eigenvalue weighted by Gasteiger charge is 2.15. The lowest BCUT2D eigenvalue weighted by Gasteiger charge is -2.13. The number of rotatable bonds is 7. The molecule has 0 bridgehead atoms. The van der Waals surface area contributed by atoms with Gasteiger partial charge in [-0.1, -0.05) is 5.21 Å². The second-order valence-corrected chi connectivity index (χ2v) is 4.30. The maximum Gasteiger partial charge on any atom is 0.0855 e. The number of aromatic nitrogens is 3. The molecule has 92 valence electrons. The highest BCUT2D eigenvalue weighted by atomic mass is 16.5. The minimum absolute atomic E-state index is 0.0291. The molecule has 0 aliphatic rings. The topological polar surface area (TPSA) is 80.4 Å². The molecule has 0 aromatic carbocycles. The molecule has 6 heteroatoms. The molecule has 0 atom stereocenters. The van der Waals surface area contributed by atoms with Gasteiger partial charge < -0.3 is 14.9 Å². The van der Waals surface area contributed by atoms with E-state index in [9.17, 15) is 5.11 Å². The Labute approximate surface area is 94.8 Å². The van der Waals surface area contributed by atoms with E-state index in [2.05, 4.69) is 10.3 Å². The first kappa shape index (κ1) is 13.1. The molecule has 6 nitrogen and oxygen atoms in total. The third-order valence-electron chi connectivity index (χ3n) is 1.90. The van der Waals surface area contributed by atoms with Crippen molar-refractivity contribution in [3.63, 3.8) is 0 Å². The van der Waals surface area contributed by atoms with Gasteiger partial charge in [0, 0.05) is 12.6 Å². The van der Waals surface area contributed by atoms with Crippen molar-refractivity contribution < 1.29 is 14.9 Å². The Bertz CT molecular complexity index is 307. The molecular formula is C10H19N3O3. The fourth-order valence-electron chi connectivity index (χ4n) is 1.30. The summed E-state index contributed by atoms with van der Waals surface area (Å²) >= 11 is 0. The Morgan fingerprint density at radius 3 is 2.81 bits per heavy atom. The summed E-state index contributed by atoms with van der Waals surface area (Å²) in [5.74, 6) is 0. The Hall–Kier alpha value is -0.980. The van der Waals surface area contributed by atoms with Crippen LogP contribution in [0.25, 0.3) is 0 Å². The highest BCUT2D eigenvalue weighted by Crippen LogP contribution is 2.08. The minimum atomic E-state index is -0.770. The van der Waals surface area contributed by atoms with Crippen LogP contribution in [0.4, 0.5) is 0 Å². The number of ether oxygens (including phenoxy) is 1. The van der Waals surface area contributed by atoms with E-state index in [1.54, 1.807) is 24.7 Å². The lowest BCUT2D eigenvalue weighted by atomic mass is 10.0. The summed E-state index contributed by atoms with van der Waals surface area (Å²) in [7, 11) is 0. The molecule has 0 fully saturated rings. The molecule has 0 unspecified atom stereocenters. The van der Waals surface area contributed by atoms with Crippen LogP contribution in [0.15, 0.2) is 6.20 Å². The predicted octanol–water partition coefficient (Wildman–Crippen LogP) is -0.400. The van der Waals surface area contributed by atoms with Gasteiger partial charge in [-0.3, -0.25) is 0 Å². The number of hydrogen-bond acceptors (Lipinski definition) is 5. The zero-order chi connectivity index (χ0) is 12.0. The number of hydrogen-bond donors (Lipinski definition) is 2. The summed E-state index contributed by atoms with van der Waals surface area (Å²) in [4.78, 5) is 0. The summed E-state index contributed by atoms with van der Waals surface area (Å²) < 4.78 is 6.77. The molecular weight excluding hydrogens is 210 g/mol. The summed E-state index contributed by atoms with van der Waals surface area (Å²) in [6.07, 6.45) is 2.27. The van der Waals surface area contributed by atoms with Gasteiger partial charge in [0.25, 0.3) is 0 Å². The normalized spacial score (nSPS) is 12.0. The number of nitrogens with zero attached hydrogens (tertiary/aromatic N) is 3. The number of aliphatic hydroxyl groups excluding tert-OH is 1. The lowest BCUT2D eigenvalue weighted by molar-refractivity contribution is 0.0798. The summed E-state index contributed by atoms with van der Waals surface area (Å²) in [5.41, 5.74) is -0.0106. The molecule has 0 aliphatic carbocycles. The summed E-state index contributed by atoms with van der Waals surface area (Å²) in [5, 5.41) is 26.0. The van der Waals surface area contributed by atoms with E-state index in [1.807, 2.05) is 0 Å². The van der Waals surface area contributed by atoms with E-state index < -0.39 is 5.60 Å². The van der Waals surface area contributed by atoms with Gasteiger partial charge >= 0.3 is 0 Å². The van der Waals surface area contributed by atoms with Crippen LogP contribution >= 0.6 is 0 Å². The van der Waals surface area contributed by atoms with Gasteiger partial charge in [0.05, 0.1) is 37.7 Å². The van der Waals surface area contributed by atoms with E-state index in [4.69, 9.17) is 9.84 Å².